The van der Waals surface area contributed by atoms with Crippen molar-refractivity contribution < 1.29 is 13.2 Å². The van der Waals surface area contributed by atoms with Gasteiger partial charge in [-0.3, -0.25) is 9.10 Å². The molecule has 0 saturated carbocycles. The van der Waals surface area contributed by atoms with E-state index < -0.39 is 10.0 Å². The van der Waals surface area contributed by atoms with Gasteiger partial charge in [0, 0.05) is 11.3 Å². The zero-order valence-electron chi connectivity index (χ0n) is 20.1. The Morgan fingerprint density at radius 2 is 1.48 bits per heavy atom. The van der Waals surface area contributed by atoms with E-state index in [1.54, 1.807) is 12.1 Å². The van der Waals surface area contributed by atoms with Crippen molar-refractivity contribution in [3.8, 4) is 0 Å². The maximum absolute atomic E-state index is 12.6. The number of aryl methyl sites for hydroxylation is 2. The molecule has 0 aliphatic rings. The smallest absolute Gasteiger partial charge is 0.255 e. The minimum absolute atomic E-state index is 0.0297. The lowest BCUT2D eigenvalue weighted by Gasteiger charge is -2.23. The van der Waals surface area contributed by atoms with E-state index >= 15 is 0 Å². The molecule has 0 aromatic heterocycles. The molecule has 0 heterocycles. The van der Waals surface area contributed by atoms with E-state index in [-0.39, 0.29) is 17.9 Å². The molecule has 1 N–H and O–H groups in total. The number of benzene rings is 3. The summed E-state index contributed by atoms with van der Waals surface area (Å²) in [6, 6.07) is 20.5. The van der Waals surface area contributed by atoms with Gasteiger partial charge in [0.15, 0.2) is 0 Å². The van der Waals surface area contributed by atoms with Crippen LogP contribution in [0.1, 0.15) is 53.4 Å². The van der Waals surface area contributed by atoms with Crippen LogP contribution < -0.4 is 9.62 Å². The molecule has 3 aromatic carbocycles. The van der Waals surface area contributed by atoms with E-state index in [4.69, 9.17) is 0 Å². The third-order valence-corrected chi connectivity index (χ3v) is 6.87. The second-order valence-electron chi connectivity index (χ2n) is 9.52. The molecule has 0 unspecified atom stereocenters. The van der Waals surface area contributed by atoms with Crippen LogP contribution in [0.4, 0.5) is 11.4 Å². The number of nitrogens with one attached hydrogen (secondary N) is 1. The summed E-state index contributed by atoms with van der Waals surface area (Å²) < 4.78 is 26.3. The van der Waals surface area contributed by atoms with Crippen molar-refractivity contribution in [2.24, 2.45) is 0 Å². The summed E-state index contributed by atoms with van der Waals surface area (Å²) >= 11 is 0. The number of sulfonamides is 1. The molecular weight excluding hydrogens is 432 g/mol. The largest absolute Gasteiger partial charge is 0.322 e. The summed E-state index contributed by atoms with van der Waals surface area (Å²) in [7, 11) is -3.46. The summed E-state index contributed by atoms with van der Waals surface area (Å²) in [6.07, 6.45) is 1.21. The average molecular weight is 465 g/mol. The summed E-state index contributed by atoms with van der Waals surface area (Å²) in [6.45, 7) is 10.6. The van der Waals surface area contributed by atoms with Crippen molar-refractivity contribution in [1.82, 2.24) is 0 Å². The van der Waals surface area contributed by atoms with E-state index in [1.807, 2.05) is 68.4 Å². The molecule has 0 spiro atoms. The van der Waals surface area contributed by atoms with Gasteiger partial charge in [-0.05, 0) is 77.9 Å². The Kier molecular flexibility index (Phi) is 6.98. The Morgan fingerprint density at radius 1 is 0.879 bits per heavy atom. The first-order valence-corrected chi connectivity index (χ1v) is 12.8. The average Bonchev–Trinajstić information content (AvgIpc) is 2.74. The molecule has 33 heavy (non-hydrogen) atoms. The third kappa shape index (κ3) is 6.23. The highest BCUT2D eigenvalue weighted by Gasteiger charge is 2.19. The van der Waals surface area contributed by atoms with Crippen LogP contribution in [-0.4, -0.2) is 20.6 Å². The molecule has 3 rings (SSSR count). The number of carbonyl (C=O) groups is 1. The van der Waals surface area contributed by atoms with Gasteiger partial charge in [0.1, 0.15) is 0 Å². The first-order valence-electron chi connectivity index (χ1n) is 10.9. The van der Waals surface area contributed by atoms with Gasteiger partial charge >= 0.3 is 0 Å². The van der Waals surface area contributed by atoms with Gasteiger partial charge in [0.05, 0.1) is 18.5 Å². The second-order valence-corrected chi connectivity index (χ2v) is 11.4. The van der Waals surface area contributed by atoms with Crippen LogP contribution >= 0.6 is 0 Å². The molecule has 0 aliphatic carbocycles. The zero-order chi connectivity index (χ0) is 24.4. The lowest BCUT2D eigenvalue weighted by atomic mass is 9.87. The lowest BCUT2D eigenvalue weighted by Crippen LogP contribution is -2.29. The molecule has 1 amide bonds. The van der Waals surface area contributed by atoms with E-state index in [1.165, 1.54) is 16.1 Å². The summed E-state index contributed by atoms with van der Waals surface area (Å²) in [5.41, 5.74) is 6.05. The Bertz CT molecular complexity index is 1240. The fourth-order valence-corrected chi connectivity index (χ4v) is 4.35. The zero-order valence-corrected chi connectivity index (χ0v) is 21.0. The quantitative estimate of drug-likeness (QED) is 0.500. The number of anilines is 2. The number of hydrogen-bond donors (Lipinski definition) is 1. The van der Waals surface area contributed by atoms with E-state index in [0.717, 1.165) is 16.7 Å². The molecule has 3 aromatic rings. The molecule has 5 nitrogen and oxygen atoms in total. The van der Waals surface area contributed by atoms with Crippen LogP contribution in [0.15, 0.2) is 66.7 Å². The molecule has 0 saturated heterocycles. The van der Waals surface area contributed by atoms with Crippen LogP contribution in [-0.2, 0) is 22.0 Å². The Morgan fingerprint density at radius 3 is 2.00 bits per heavy atom. The molecule has 0 aliphatic heterocycles. The molecule has 0 bridgehead atoms. The highest BCUT2D eigenvalue weighted by atomic mass is 32.2. The predicted molar refractivity (Wildman–Crippen MR) is 136 cm³/mol. The predicted octanol–water partition coefficient (Wildman–Crippen LogP) is 5.82. The van der Waals surface area contributed by atoms with Gasteiger partial charge in [0.25, 0.3) is 5.91 Å². The SMILES string of the molecule is Cc1ccc(N(Cc2ccc(NC(=O)c3ccc(C(C)(C)C)cc3)cc2)S(C)(=O)=O)cc1C. The van der Waals surface area contributed by atoms with Crippen molar-refractivity contribution in [3.05, 3.63) is 94.5 Å². The van der Waals surface area contributed by atoms with Crippen molar-refractivity contribution in [2.45, 2.75) is 46.6 Å². The normalized spacial score (nSPS) is 11.8. The van der Waals surface area contributed by atoms with Crippen LogP contribution in [0.5, 0.6) is 0 Å². The maximum atomic E-state index is 12.6. The lowest BCUT2D eigenvalue weighted by molar-refractivity contribution is 0.102. The summed E-state index contributed by atoms with van der Waals surface area (Å²) in [5.74, 6) is -0.184. The van der Waals surface area contributed by atoms with Crippen LogP contribution in [0.3, 0.4) is 0 Å². The first-order chi connectivity index (χ1) is 15.3. The fraction of sp³-hybridized carbons (Fsp3) is 0.296. The minimum atomic E-state index is -3.46. The number of rotatable bonds is 6. The van der Waals surface area contributed by atoms with Crippen molar-refractivity contribution >= 4 is 27.3 Å². The second kappa shape index (κ2) is 9.40. The third-order valence-electron chi connectivity index (χ3n) is 5.73. The Labute approximate surface area is 197 Å². The number of hydrogen-bond acceptors (Lipinski definition) is 3. The summed E-state index contributed by atoms with van der Waals surface area (Å²) in [4.78, 5) is 12.6. The van der Waals surface area contributed by atoms with Gasteiger partial charge < -0.3 is 5.32 Å². The number of amides is 1. The Hall–Kier alpha value is -3.12. The van der Waals surface area contributed by atoms with Crippen LogP contribution in [0.2, 0.25) is 0 Å². The first kappa shape index (κ1) is 24.5. The van der Waals surface area contributed by atoms with E-state index in [2.05, 4.69) is 26.1 Å². The Balaban J connectivity index is 1.73. The van der Waals surface area contributed by atoms with Crippen molar-refractivity contribution in [2.75, 3.05) is 15.9 Å². The number of nitrogens with zero attached hydrogens (tertiary/aromatic N) is 1. The fourth-order valence-electron chi connectivity index (χ4n) is 3.46. The minimum Gasteiger partial charge on any atom is -0.322 e. The molecule has 174 valence electrons. The van der Waals surface area contributed by atoms with Gasteiger partial charge in [-0.15, -0.1) is 0 Å². The molecule has 0 atom stereocenters. The molecular formula is C27H32N2O3S. The van der Waals surface area contributed by atoms with Crippen molar-refractivity contribution in [3.63, 3.8) is 0 Å². The monoisotopic (exact) mass is 464 g/mol. The van der Waals surface area contributed by atoms with E-state index in [9.17, 15) is 13.2 Å². The highest BCUT2D eigenvalue weighted by molar-refractivity contribution is 7.92. The highest BCUT2D eigenvalue weighted by Crippen LogP contribution is 2.25. The van der Waals surface area contributed by atoms with Gasteiger partial charge in [-0.25, -0.2) is 8.42 Å². The van der Waals surface area contributed by atoms with Gasteiger partial charge in [-0.1, -0.05) is 51.1 Å². The topological polar surface area (TPSA) is 66.5 Å². The van der Waals surface area contributed by atoms with Gasteiger partial charge in [-0.2, -0.15) is 0 Å². The van der Waals surface area contributed by atoms with E-state index in [0.29, 0.717) is 16.9 Å². The maximum Gasteiger partial charge on any atom is 0.255 e. The standard InChI is InChI=1S/C27H32N2O3S/c1-19-7-16-25(17-20(19)2)29(33(6,31)32)18-21-8-14-24(15-9-21)28-26(30)22-10-12-23(13-11-22)27(3,4)5/h7-17H,18H2,1-6H3,(H,28,30). The van der Waals surface area contributed by atoms with Crippen LogP contribution in [0.25, 0.3) is 0 Å². The molecule has 0 fully saturated rings. The molecule has 6 heteroatoms. The summed E-state index contributed by atoms with van der Waals surface area (Å²) in [5, 5.41) is 2.90. The van der Waals surface area contributed by atoms with Crippen molar-refractivity contribution in [1.29, 1.82) is 0 Å². The number of carbonyl (C=O) groups excluding carboxylic acids is 1. The van der Waals surface area contributed by atoms with Gasteiger partial charge in [0.2, 0.25) is 10.0 Å². The molecule has 0 radical (unpaired) electrons. The van der Waals surface area contributed by atoms with Crippen LogP contribution in [0, 0.1) is 13.8 Å².